The van der Waals surface area contributed by atoms with E-state index < -0.39 is 0 Å². The molecule has 1 aliphatic carbocycles. The van der Waals surface area contributed by atoms with Crippen LogP contribution in [-0.2, 0) is 0 Å². The maximum Gasteiger partial charge on any atom is 0.124 e. The standard InChI is InChI=1S/C15H20BrNO/c1-10-3-2-4-13(10)17-14-7-8-18-15-6-5-11(16)9-12(14)15/h5-6,9-10,13-14,17H,2-4,7-8H2,1H3. The van der Waals surface area contributed by atoms with Crippen LogP contribution in [0, 0.1) is 5.92 Å². The van der Waals surface area contributed by atoms with Crippen LogP contribution >= 0.6 is 15.9 Å². The Bertz CT molecular complexity index is 435. The first-order valence-electron chi connectivity index (χ1n) is 6.92. The van der Waals surface area contributed by atoms with E-state index in [9.17, 15) is 0 Å². The fourth-order valence-corrected chi connectivity index (χ4v) is 3.57. The molecule has 1 fully saturated rings. The summed E-state index contributed by atoms with van der Waals surface area (Å²) in [5.74, 6) is 1.86. The summed E-state index contributed by atoms with van der Waals surface area (Å²) in [5, 5.41) is 3.85. The van der Waals surface area contributed by atoms with Crippen LogP contribution in [0.3, 0.4) is 0 Å². The second-order valence-corrected chi connectivity index (χ2v) is 6.47. The van der Waals surface area contributed by atoms with E-state index in [0.717, 1.165) is 29.2 Å². The number of halogens is 1. The number of nitrogens with one attached hydrogen (secondary N) is 1. The molecular formula is C15H20BrNO. The molecule has 1 aliphatic heterocycles. The summed E-state index contributed by atoms with van der Waals surface area (Å²) < 4.78 is 6.88. The zero-order valence-corrected chi connectivity index (χ0v) is 12.4. The quantitative estimate of drug-likeness (QED) is 0.890. The van der Waals surface area contributed by atoms with Crippen LogP contribution in [0.4, 0.5) is 0 Å². The molecule has 1 aromatic rings. The molecule has 0 amide bonds. The Morgan fingerprint density at radius 1 is 1.28 bits per heavy atom. The Kier molecular flexibility index (Phi) is 3.62. The predicted molar refractivity (Wildman–Crippen MR) is 76.9 cm³/mol. The minimum Gasteiger partial charge on any atom is -0.493 e. The maximum absolute atomic E-state index is 5.74. The Labute approximate surface area is 117 Å². The number of ether oxygens (including phenoxy) is 1. The number of rotatable bonds is 2. The molecule has 2 nitrogen and oxygen atoms in total. The molecule has 3 atom stereocenters. The molecule has 0 bridgehead atoms. The van der Waals surface area contributed by atoms with Gasteiger partial charge in [0.25, 0.3) is 0 Å². The third kappa shape index (κ3) is 2.43. The molecule has 1 N–H and O–H groups in total. The highest BCUT2D eigenvalue weighted by Gasteiger charge is 2.29. The molecule has 2 aliphatic rings. The van der Waals surface area contributed by atoms with Crippen LogP contribution in [-0.4, -0.2) is 12.6 Å². The van der Waals surface area contributed by atoms with Gasteiger partial charge in [0.15, 0.2) is 0 Å². The topological polar surface area (TPSA) is 21.3 Å². The number of benzene rings is 1. The normalized spacial score (nSPS) is 30.9. The molecule has 18 heavy (non-hydrogen) atoms. The van der Waals surface area contributed by atoms with Crippen molar-refractivity contribution in [1.82, 2.24) is 5.32 Å². The van der Waals surface area contributed by atoms with Crippen molar-refractivity contribution < 1.29 is 4.74 Å². The molecule has 3 rings (SSSR count). The lowest BCUT2D eigenvalue weighted by atomic mass is 9.97. The van der Waals surface area contributed by atoms with Gasteiger partial charge in [-0.3, -0.25) is 0 Å². The molecule has 0 radical (unpaired) electrons. The van der Waals surface area contributed by atoms with Gasteiger partial charge in [0.05, 0.1) is 6.61 Å². The first kappa shape index (κ1) is 12.5. The lowest BCUT2D eigenvalue weighted by Crippen LogP contribution is -2.37. The SMILES string of the molecule is CC1CCCC1NC1CCOc2ccc(Br)cc21. The molecule has 0 aromatic heterocycles. The van der Waals surface area contributed by atoms with Crippen molar-refractivity contribution in [1.29, 1.82) is 0 Å². The summed E-state index contributed by atoms with van der Waals surface area (Å²) in [4.78, 5) is 0. The van der Waals surface area contributed by atoms with Crippen molar-refractivity contribution in [3.63, 3.8) is 0 Å². The van der Waals surface area contributed by atoms with Crippen LogP contribution in [0.5, 0.6) is 5.75 Å². The summed E-state index contributed by atoms with van der Waals surface area (Å²) in [6, 6.07) is 7.47. The Balaban J connectivity index is 1.80. The van der Waals surface area contributed by atoms with Gasteiger partial charge in [-0.25, -0.2) is 0 Å². The minimum absolute atomic E-state index is 0.455. The third-order valence-corrected chi connectivity index (χ3v) is 4.78. The van der Waals surface area contributed by atoms with Crippen LogP contribution in [0.15, 0.2) is 22.7 Å². The first-order chi connectivity index (χ1) is 8.74. The zero-order valence-electron chi connectivity index (χ0n) is 10.8. The highest BCUT2D eigenvalue weighted by atomic mass is 79.9. The molecule has 3 unspecified atom stereocenters. The van der Waals surface area contributed by atoms with E-state index in [1.165, 1.54) is 24.8 Å². The molecule has 3 heteroatoms. The van der Waals surface area contributed by atoms with Crippen molar-refractivity contribution in [2.75, 3.05) is 6.61 Å². The first-order valence-corrected chi connectivity index (χ1v) is 7.71. The highest BCUT2D eigenvalue weighted by molar-refractivity contribution is 9.10. The highest BCUT2D eigenvalue weighted by Crippen LogP contribution is 2.36. The largest absolute Gasteiger partial charge is 0.493 e. The Morgan fingerprint density at radius 2 is 2.17 bits per heavy atom. The maximum atomic E-state index is 5.74. The second-order valence-electron chi connectivity index (χ2n) is 5.55. The Morgan fingerprint density at radius 3 is 2.94 bits per heavy atom. The molecule has 0 spiro atoms. The van der Waals surface area contributed by atoms with Crippen molar-refractivity contribution in [3.05, 3.63) is 28.2 Å². The molecular weight excluding hydrogens is 290 g/mol. The third-order valence-electron chi connectivity index (χ3n) is 4.29. The van der Waals surface area contributed by atoms with Crippen molar-refractivity contribution in [3.8, 4) is 5.75 Å². The predicted octanol–water partition coefficient (Wildman–Crippen LogP) is 4.05. The average Bonchev–Trinajstić information content (AvgIpc) is 2.76. The summed E-state index contributed by atoms with van der Waals surface area (Å²) in [6.45, 7) is 3.19. The van der Waals surface area contributed by atoms with Gasteiger partial charge >= 0.3 is 0 Å². The summed E-state index contributed by atoms with van der Waals surface area (Å²) >= 11 is 3.56. The molecule has 1 aromatic carbocycles. The van der Waals surface area contributed by atoms with Crippen molar-refractivity contribution >= 4 is 15.9 Å². The summed E-state index contributed by atoms with van der Waals surface area (Å²) in [6.07, 6.45) is 5.13. The van der Waals surface area contributed by atoms with Gasteiger partial charge in [0.1, 0.15) is 5.75 Å². The fourth-order valence-electron chi connectivity index (χ4n) is 3.19. The van der Waals surface area contributed by atoms with Gasteiger partial charge in [0.2, 0.25) is 0 Å². The molecule has 1 saturated carbocycles. The van der Waals surface area contributed by atoms with E-state index in [-0.39, 0.29) is 0 Å². The van der Waals surface area contributed by atoms with Gasteiger partial charge in [-0.05, 0) is 37.0 Å². The van der Waals surface area contributed by atoms with Gasteiger partial charge < -0.3 is 10.1 Å². The van der Waals surface area contributed by atoms with E-state index in [0.29, 0.717) is 12.1 Å². The van der Waals surface area contributed by atoms with Gasteiger partial charge in [-0.1, -0.05) is 29.3 Å². The van der Waals surface area contributed by atoms with Gasteiger partial charge in [-0.15, -0.1) is 0 Å². The van der Waals surface area contributed by atoms with Crippen LogP contribution in [0.2, 0.25) is 0 Å². The molecule has 0 saturated heterocycles. The van der Waals surface area contributed by atoms with Gasteiger partial charge in [-0.2, -0.15) is 0 Å². The Hall–Kier alpha value is -0.540. The number of hydrogen-bond donors (Lipinski definition) is 1. The van der Waals surface area contributed by atoms with Crippen LogP contribution in [0.1, 0.15) is 44.2 Å². The van der Waals surface area contributed by atoms with E-state index in [1.807, 2.05) is 0 Å². The van der Waals surface area contributed by atoms with Crippen LogP contribution in [0.25, 0.3) is 0 Å². The summed E-state index contributed by atoms with van der Waals surface area (Å²) in [5.41, 5.74) is 1.31. The molecule has 98 valence electrons. The van der Waals surface area contributed by atoms with E-state index in [2.05, 4.69) is 46.4 Å². The lowest BCUT2D eigenvalue weighted by Gasteiger charge is -2.31. The summed E-state index contributed by atoms with van der Waals surface area (Å²) in [7, 11) is 0. The molecule has 1 heterocycles. The smallest absolute Gasteiger partial charge is 0.124 e. The zero-order chi connectivity index (χ0) is 12.5. The number of hydrogen-bond acceptors (Lipinski definition) is 2. The van der Waals surface area contributed by atoms with Crippen LogP contribution < -0.4 is 10.1 Å². The van der Waals surface area contributed by atoms with Crippen molar-refractivity contribution in [2.45, 2.75) is 44.7 Å². The van der Waals surface area contributed by atoms with E-state index in [1.54, 1.807) is 0 Å². The second kappa shape index (κ2) is 5.22. The fraction of sp³-hybridized carbons (Fsp3) is 0.600. The lowest BCUT2D eigenvalue weighted by molar-refractivity contribution is 0.237. The monoisotopic (exact) mass is 309 g/mol. The van der Waals surface area contributed by atoms with Gasteiger partial charge in [0, 0.05) is 28.5 Å². The number of fused-ring (bicyclic) bond motifs is 1. The minimum atomic E-state index is 0.455. The average molecular weight is 310 g/mol. The van der Waals surface area contributed by atoms with E-state index in [4.69, 9.17) is 4.74 Å². The van der Waals surface area contributed by atoms with Crippen molar-refractivity contribution in [2.24, 2.45) is 5.92 Å². The van der Waals surface area contributed by atoms with E-state index >= 15 is 0 Å².